The Morgan fingerprint density at radius 2 is 2.30 bits per heavy atom. The Balaban J connectivity index is 1.83. The van der Waals surface area contributed by atoms with Crippen molar-refractivity contribution in [3.05, 3.63) is 28.3 Å². The maximum Gasteiger partial charge on any atom is 0.148 e. The Kier molecular flexibility index (Phi) is 3.41. The number of rotatable bonds is 4. The lowest BCUT2D eigenvalue weighted by molar-refractivity contribution is 0.767. The van der Waals surface area contributed by atoms with Gasteiger partial charge in [-0.25, -0.2) is 4.98 Å². The third kappa shape index (κ3) is 2.52. The molecule has 0 amide bonds. The summed E-state index contributed by atoms with van der Waals surface area (Å²) in [5.41, 5.74) is 8.85. The average Bonchev–Trinajstić information content (AvgIpc) is 3.09. The van der Waals surface area contributed by atoms with Gasteiger partial charge in [-0.05, 0) is 18.5 Å². The molecule has 104 valence electrons. The molecular formula is C12H14N6S2. The number of hydrogen-bond acceptors (Lipinski definition) is 7. The van der Waals surface area contributed by atoms with Crippen molar-refractivity contribution < 1.29 is 0 Å². The minimum absolute atomic E-state index is 0.522. The molecule has 0 radical (unpaired) electrons. The lowest BCUT2D eigenvalue weighted by atomic mass is 10.2. The molecule has 0 saturated carbocycles. The van der Waals surface area contributed by atoms with E-state index in [9.17, 15) is 0 Å². The standard InChI is InChI=1S/C12H14N6S2/c1-7-16-9(6-19-7)10-11(13)17-20-12(10)14-3-8-4-15-18(2)5-8/h4-6,14H,3H2,1-2H3,(H2,13,17). The number of hydrogen-bond donors (Lipinski definition) is 2. The summed E-state index contributed by atoms with van der Waals surface area (Å²) in [5.74, 6) is 0.522. The van der Waals surface area contributed by atoms with Gasteiger partial charge in [0.25, 0.3) is 0 Å². The molecule has 0 aliphatic rings. The van der Waals surface area contributed by atoms with Crippen molar-refractivity contribution in [2.75, 3.05) is 11.1 Å². The fourth-order valence-electron chi connectivity index (χ4n) is 1.89. The van der Waals surface area contributed by atoms with E-state index < -0.39 is 0 Å². The highest BCUT2D eigenvalue weighted by Gasteiger charge is 2.16. The van der Waals surface area contributed by atoms with E-state index in [4.69, 9.17) is 5.73 Å². The number of nitrogen functional groups attached to an aromatic ring is 1. The van der Waals surface area contributed by atoms with E-state index in [0.717, 1.165) is 26.8 Å². The molecule has 20 heavy (non-hydrogen) atoms. The van der Waals surface area contributed by atoms with E-state index in [2.05, 4.69) is 19.8 Å². The fourth-order valence-corrected chi connectivity index (χ4v) is 3.22. The number of aromatic nitrogens is 4. The summed E-state index contributed by atoms with van der Waals surface area (Å²) in [6.45, 7) is 2.67. The first-order valence-corrected chi connectivity index (χ1v) is 7.68. The van der Waals surface area contributed by atoms with Crippen molar-refractivity contribution in [1.82, 2.24) is 19.1 Å². The van der Waals surface area contributed by atoms with E-state index in [1.807, 2.05) is 31.7 Å². The van der Waals surface area contributed by atoms with E-state index in [0.29, 0.717) is 12.4 Å². The van der Waals surface area contributed by atoms with Crippen LogP contribution in [0.5, 0.6) is 0 Å². The molecule has 0 aliphatic heterocycles. The molecule has 3 N–H and O–H groups in total. The number of nitrogens with two attached hydrogens (primary N) is 1. The maximum absolute atomic E-state index is 5.96. The normalized spacial score (nSPS) is 10.9. The summed E-state index contributed by atoms with van der Waals surface area (Å²) in [7, 11) is 1.90. The molecule has 0 fully saturated rings. The van der Waals surface area contributed by atoms with Crippen molar-refractivity contribution in [2.24, 2.45) is 7.05 Å². The number of nitrogens with one attached hydrogen (secondary N) is 1. The van der Waals surface area contributed by atoms with Crippen molar-refractivity contribution >= 4 is 33.7 Å². The molecule has 3 heterocycles. The summed E-state index contributed by atoms with van der Waals surface area (Å²) in [6, 6.07) is 0. The van der Waals surface area contributed by atoms with E-state index >= 15 is 0 Å². The van der Waals surface area contributed by atoms with Gasteiger partial charge in [-0.15, -0.1) is 11.3 Å². The molecule has 0 aliphatic carbocycles. The van der Waals surface area contributed by atoms with Crippen molar-refractivity contribution in [3.63, 3.8) is 0 Å². The minimum atomic E-state index is 0.522. The van der Waals surface area contributed by atoms with Crippen LogP contribution in [0.3, 0.4) is 0 Å². The van der Waals surface area contributed by atoms with Gasteiger partial charge < -0.3 is 11.1 Å². The number of nitrogens with zero attached hydrogens (tertiary/aromatic N) is 4. The molecule has 3 rings (SSSR count). The van der Waals surface area contributed by atoms with E-state index in [1.54, 1.807) is 16.0 Å². The first-order valence-electron chi connectivity index (χ1n) is 6.02. The Bertz CT molecular complexity index is 726. The quantitative estimate of drug-likeness (QED) is 0.774. The number of thiazole rings is 1. The fraction of sp³-hybridized carbons (Fsp3) is 0.250. The minimum Gasteiger partial charge on any atom is -0.382 e. The molecule has 0 spiro atoms. The highest BCUT2D eigenvalue weighted by atomic mass is 32.1. The maximum atomic E-state index is 5.96. The molecule has 3 aromatic heterocycles. The zero-order chi connectivity index (χ0) is 14.1. The molecule has 6 nitrogen and oxygen atoms in total. The highest BCUT2D eigenvalue weighted by molar-refractivity contribution is 7.11. The van der Waals surface area contributed by atoms with Crippen LogP contribution in [0.25, 0.3) is 11.3 Å². The van der Waals surface area contributed by atoms with Gasteiger partial charge in [-0.2, -0.15) is 9.47 Å². The topological polar surface area (TPSA) is 81.7 Å². The monoisotopic (exact) mass is 306 g/mol. The first kappa shape index (κ1) is 13.1. The van der Waals surface area contributed by atoms with Crippen molar-refractivity contribution in [2.45, 2.75) is 13.5 Å². The Labute approximate surface area is 124 Å². The van der Waals surface area contributed by atoms with Crippen molar-refractivity contribution in [1.29, 1.82) is 0 Å². The Morgan fingerprint density at radius 1 is 1.45 bits per heavy atom. The van der Waals surface area contributed by atoms with E-state index in [1.165, 1.54) is 11.5 Å². The summed E-state index contributed by atoms with van der Waals surface area (Å²) >= 11 is 2.96. The van der Waals surface area contributed by atoms with Gasteiger partial charge in [-0.1, -0.05) is 0 Å². The van der Waals surface area contributed by atoms with Crippen LogP contribution in [0.4, 0.5) is 10.8 Å². The predicted octanol–water partition coefficient (Wildman–Crippen LogP) is 2.50. The van der Waals surface area contributed by atoms with Crippen LogP contribution < -0.4 is 11.1 Å². The molecule has 8 heteroatoms. The summed E-state index contributed by atoms with van der Waals surface area (Å²) in [5, 5.41) is 11.5. The second-order valence-electron chi connectivity index (χ2n) is 4.40. The van der Waals surface area contributed by atoms with Gasteiger partial charge in [-0.3, -0.25) is 4.68 Å². The van der Waals surface area contributed by atoms with Crippen LogP contribution in [0, 0.1) is 6.92 Å². The van der Waals surface area contributed by atoms with Gasteiger partial charge in [0.1, 0.15) is 10.8 Å². The van der Waals surface area contributed by atoms with Crippen LogP contribution >= 0.6 is 22.9 Å². The van der Waals surface area contributed by atoms with Gasteiger partial charge in [0.15, 0.2) is 0 Å². The molecule has 0 unspecified atom stereocenters. The molecule has 0 bridgehead atoms. The van der Waals surface area contributed by atoms with Crippen LogP contribution in [0.15, 0.2) is 17.8 Å². The SMILES string of the molecule is Cc1nc(-c2c(N)nsc2NCc2cnn(C)c2)cs1. The summed E-state index contributed by atoms with van der Waals surface area (Å²) in [6.07, 6.45) is 3.81. The molecule has 0 saturated heterocycles. The van der Waals surface area contributed by atoms with Crippen molar-refractivity contribution in [3.8, 4) is 11.3 Å². The Morgan fingerprint density at radius 3 is 2.95 bits per heavy atom. The largest absolute Gasteiger partial charge is 0.382 e. The molecular weight excluding hydrogens is 292 g/mol. The zero-order valence-corrected chi connectivity index (χ0v) is 12.8. The summed E-state index contributed by atoms with van der Waals surface area (Å²) < 4.78 is 6.00. The predicted molar refractivity (Wildman–Crippen MR) is 82.9 cm³/mol. The van der Waals surface area contributed by atoms with Gasteiger partial charge in [0, 0.05) is 30.7 Å². The van der Waals surface area contributed by atoms with E-state index in [-0.39, 0.29) is 0 Å². The average molecular weight is 306 g/mol. The molecule has 0 atom stereocenters. The molecule has 3 aromatic rings. The third-order valence-electron chi connectivity index (χ3n) is 2.81. The smallest absolute Gasteiger partial charge is 0.148 e. The third-order valence-corrected chi connectivity index (χ3v) is 4.40. The Hall–Kier alpha value is -1.93. The first-order chi connectivity index (χ1) is 9.63. The molecule has 0 aromatic carbocycles. The second-order valence-corrected chi connectivity index (χ2v) is 6.24. The summed E-state index contributed by atoms with van der Waals surface area (Å²) in [4.78, 5) is 4.48. The highest BCUT2D eigenvalue weighted by Crippen LogP contribution is 2.37. The van der Waals surface area contributed by atoms with Crippen LogP contribution in [0.1, 0.15) is 10.6 Å². The number of anilines is 2. The van der Waals surface area contributed by atoms with Crippen LogP contribution in [-0.4, -0.2) is 19.1 Å². The van der Waals surface area contributed by atoms with Crippen LogP contribution in [-0.2, 0) is 13.6 Å². The van der Waals surface area contributed by atoms with Gasteiger partial charge >= 0.3 is 0 Å². The lowest BCUT2D eigenvalue weighted by Crippen LogP contribution is -1.99. The van der Waals surface area contributed by atoms with Gasteiger partial charge in [0.05, 0.1) is 22.5 Å². The van der Waals surface area contributed by atoms with Gasteiger partial charge in [0.2, 0.25) is 0 Å². The number of aryl methyl sites for hydroxylation is 2. The lowest BCUT2D eigenvalue weighted by Gasteiger charge is -2.04. The second kappa shape index (κ2) is 5.22. The zero-order valence-electron chi connectivity index (χ0n) is 11.1. The van der Waals surface area contributed by atoms with Crippen LogP contribution in [0.2, 0.25) is 0 Å².